The molecule has 0 aromatic heterocycles. The molecule has 0 aromatic carbocycles. The summed E-state index contributed by atoms with van der Waals surface area (Å²) < 4.78 is 5.22. The standard InChI is InChI=1S/C15H23NO4/c1-5-6-7-8-10-9-11(10)20-14(19)16-12(13(17)18)15(2,3)4/h1,10-12H,6-9H2,2-4H3,(H,16,19)(H,17,18)/t10-,11-,12-/m1/s1. The summed E-state index contributed by atoms with van der Waals surface area (Å²) in [5.74, 6) is 1.88. The molecule has 3 atom stereocenters. The van der Waals surface area contributed by atoms with Crippen LogP contribution in [0.15, 0.2) is 0 Å². The number of carboxylic acid groups (broad SMARTS) is 1. The third kappa shape index (κ3) is 5.12. The normalized spacial score (nSPS) is 22.5. The van der Waals surface area contributed by atoms with Crippen molar-refractivity contribution in [1.82, 2.24) is 5.32 Å². The maximum atomic E-state index is 11.7. The van der Waals surface area contributed by atoms with E-state index < -0.39 is 23.5 Å². The van der Waals surface area contributed by atoms with Crippen molar-refractivity contribution in [3.05, 3.63) is 0 Å². The van der Waals surface area contributed by atoms with Gasteiger partial charge in [0, 0.05) is 6.42 Å². The molecule has 1 fully saturated rings. The van der Waals surface area contributed by atoms with Crippen LogP contribution in [0.4, 0.5) is 4.79 Å². The minimum absolute atomic E-state index is 0.0952. The van der Waals surface area contributed by atoms with Gasteiger partial charge in [-0.15, -0.1) is 12.3 Å². The predicted octanol–water partition coefficient (Wildman–Crippen LogP) is 2.40. The number of hydrogen-bond acceptors (Lipinski definition) is 3. The number of alkyl carbamates (subject to hydrolysis) is 1. The minimum Gasteiger partial charge on any atom is -0.480 e. The lowest BCUT2D eigenvalue weighted by Crippen LogP contribution is -2.49. The van der Waals surface area contributed by atoms with E-state index in [1.54, 1.807) is 20.8 Å². The third-order valence-corrected chi connectivity index (χ3v) is 3.39. The Balaban J connectivity index is 2.34. The van der Waals surface area contributed by atoms with Crippen molar-refractivity contribution >= 4 is 12.1 Å². The van der Waals surface area contributed by atoms with E-state index in [1.165, 1.54) is 0 Å². The number of ether oxygens (including phenoxy) is 1. The molecular weight excluding hydrogens is 258 g/mol. The van der Waals surface area contributed by atoms with Crippen LogP contribution in [0.2, 0.25) is 0 Å². The summed E-state index contributed by atoms with van der Waals surface area (Å²) in [6.07, 6.45) is 7.88. The maximum absolute atomic E-state index is 11.7. The van der Waals surface area contributed by atoms with Gasteiger partial charge in [0.15, 0.2) is 0 Å². The Morgan fingerprint density at radius 3 is 2.65 bits per heavy atom. The van der Waals surface area contributed by atoms with Crippen molar-refractivity contribution in [2.75, 3.05) is 0 Å². The SMILES string of the molecule is C#CCCC[C@@H]1C[C@H]1OC(=O)N[C@H](C(=O)O)C(C)(C)C. The summed E-state index contributed by atoms with van der Waals surface area (Å²) in [4.78, 5) is 22.8. The summed E-state index contributed by atoms with van der Waals surface area (Å²) in [5.41, 5.74) is -0.569. The van der Waals surface area contributed by atoms with E-state index >= 15 is 0 Å². The lowest BCUT2D eigenvalue weighted by atomic mass is 9.87. The van der Waals surface area contributed by atoms with Crippen LogP contribution < -0.4 is 5.32 Å². The molecule has 0 unspecified atom stereocenters. The summed E-state index contributed by atoms with van der Waals surface area (Å²) in [6, 6.07) is -0.964. The molecule has 1 aliphatic carbocycles. The molecular formula is C15H23NO4. The highest BCUT2D eigenvalue weighted by atomic mass is 16.6. The zero-order chi connectivity index (χ0) is 15.3. The highest BCUT2D eigenvalue weighted by Crippen LogP contribution is 2.38. The van der Waals surface area contributed by atoms with Crippen molar-refractivity contribution < 1.29 is 19.4 Å². The monoisotopic (exact) mass is 281 g/mol. The molecule has 0 radical (unpaired) electrons. The number of hydrogen-bond donors (Lipinski definition) is 2. The molecule has 0 spiro atoms. The van der Waals surface area contributed by atoms with E-state index in [1.807, 2.05) is 0 Å². The molecule has 20 heavy (non-hydrogen) atoms. The van der Waals surface area contributed by atoms with Crippen LogP contribution in [0.5, 0.6) is 0 Å². The van der Waals surface area contributed by atoms with Crippen molar-refractivity contribution in [3.8, 4) is 12.3 Å². The number of aliphatic carboxylic acids is 1. The maximum Gasteiger partial charge on any atom is 0.408 e. The minimum atomic E-state index is -1.06. The smallest absolute Gasteiger partial charge is 0.408 e. The molecule has 1 aliphatic rings. The van der Waals surface area contributed by atoms with Gasteiger partial charge in [0.05, 0.1) is 0 Å². The van der Waals surface area contributed by atoms with Crippen LogP contribution in [0.1, 0.15) is 46.5 Å². The second kappa shape index (κ2) is 6.65. The van der Waals surface area contributed by atoms with Crippen LogP contribution in [0.25, 0.3) is 0 Å². The van der Waals surface area contributed by atoms with E-state index in [0.29, 0.717) is 5.92 Å². The van der Waals surface area contributed by atoms with E-state index in [-0.39, 0.29) is 6.10 Å². The third-order valence-electron chi connectivity index (χ3n) is 3.39. The number of nitrogens with one attached hydrogen (secondary N) is 1. The van der Waals surface area contributed by atoms with Gasteiger partial charge in [-0.05, 0) is 30.6 Å². The van der Waals surface area contributed by atoms with Gasteiger partial charge >= 0.3 is 12.1 Å². The van der Waals surface area contributed by atoms with Crippen LogP contribution in [-0.2, 0) is 9.53 Å². The Bertz CT molecular complexity index is 405. The molecule has 1 saturated carbocycles. The van der Waals surface area contributed by atoms with Gasteiger partial charge in [-0.2, -0.15) is 0 Å². The molecule has 0 heterocycles. The Hall–Kier alpha value is -1.70. The van der Waals surface area contributed by atoms with Crippen molar-refractivity contribution in [3.63, 3.8) is 0 Å². The largest absolute Gasteiger partial charge is 0.480 e. The predicted molar refractivity (Wildman–Crippen MR) is 75.1 cm³/mol. The van der Waals surface area contributed by atoms with Crippen LogP contribution >= 0.6 is 0 Å². The molecule has 1 rings (SSSR count). The summed E-state index contributed by atoms with van der Waals surface area (Å²) >= 11 is 0. The molecule has 0 aliphatic heterocycles. The van der Waals surface area contributed by atoms with Gasteiger partial charge in [-0.1, -0.05) is 20.8 Å². The first-order valence-corrected chi connectivity index (χ1v) is 6.89. The molecule has 5 heteroatoms. The fourth-order valence-electron chi connectivity index (χ4n) is 2.07. The van der Waals surface area contributed by atoms with Crippen LogP contribution in [0, 0.1) is 23.7 Å². The highest BCUT2D eigenvalue weighted by Gasteiger charge is 2.41. The Morgan fingerprint density at radius 2 is 2.15 bits per heavy atom. The number of carbonyl (C=O) groups is 2. The van der Waals surface area contributed by atoms with Crippen LogP contribution in [0.3, 0.4) is 0 Å². The van der Waals surface area contributed by atoms with Gasteiger partial charge in [0.1, 0.15) is 12.1 Å². The lowest BCUT2D eigenvalue weighted by Gasteiger charge is -2.27. The molecule has 1 amide bonds. The molecule has 112 valence electrons. The zero-order valence-corrected chi connectivity index (χ0v) is 12.3. The second-order valence-electron chi connectivity index (χ2n) is 6.32. The molecule has 5 nitrogen and oxygen atoms in total. The second-order valence-corrected chi connectivity index (χ2v) is 6.32. The van der Waals surface area contributed by atoms with Crippen molar-refractivity contribution in [1.29, 1.82) is 0 Å². The average molecular weight is 281 g/mol. The number of amides is 1. The van der Waals surface area contributed by atoms with Gasteiger partial charge < -0.3 is 15.2 Å². The van der Waals surface area contributed by atoms with Gasteiger partial charge in [-0.3, -0.25) is 0 Å². The first-order valence-electron chi connectivity index (χ1n) is 6.89. The first kappa shape index (κ1) is 16.4. The number of unbranched alkanes of at least 4 members (excludes halogenated alkanes) is 1. The van der Waals surface area contributed by atoms with E-state index in [9.17, 15) is 9.59 Å². The Labute approximate surface area is 120 Å². The number of carboxylic acids is 1. The summed E-state index contributed by atoms with van der Waals surface area (Å²) in [6.45, 7) is 5.27. The average Bonchev–Trinajstić information content (AvgIpc) is 3.03. The quantitative estimate of drug-likeness (QED) is 0.579. The molecule has 0 saturated heterocycles. The van der Waals surface area contributed by atoms with E-state index in [2.05, 4.69) is 11.2 Å². The lowest BCUT2D eigenvalue weighted by molar-refractivity contribution is -0.142. The zero-order valence-electron chi connectivity index (χ0n) is 12.3. The fraction of sp³-hybridized carbons (Fsp3) is 0.733. The topological polar surface area (TPSA) is 75.6 Å². The summed E-state index contributed by atoms with van der Waals surface area (Å²) in [7, 11) is 0. The highest BCUT2D eigenvalue weighted by molar-refractivity contribution is 5.80. The first-order chi connectivity index (χ1) is 9.25. The van der Waals surface area contributed by atoms with Gasteiger partial charge in [0.25, 0.3) is 0 Å². The van der Waals surface area contributed by atoms with Gasteiger partial charge in [0.2, 0.25) is 0 Å². The molecule has 0 aromatic rings. The number of terminal acetylenes is 1. The van der Waals surface area contributed by atoms with Gasteiger partial charge in [-0.25, -0.2) is 9.59 Å². The van der Waals surface area contributed by atoms with E-state index in [4.69, 9.17) is 16.3 Å². The molecule has 0 bridgehead atoms. The number of carbonyl (C=O) groups excluding carboxylic acids is 1. The fourth-order valence-corrected chi connectivity index (χ4v) is 2.07. The summed E-state index contributed by atoms with van der Waals surface area (Å²) in [5, 5.41) is 11.5. The molecule has 2 N–H and O–H groups in total. The van der Waals surface area contributed by atoms with Crippen molar-refractivity contribution in [2.45, 2.75) is 58.6 Å². The van der Waals surface area contributed by atoms with Crippen LogP contribution in [-0.4, -0.2) is 29.3 Å². The Morgan fingerprint density at radius 1 is 1.50 bits per heavy atom. The van der Waals surface area contributed by atoms with E-state index in [0.717, 1.165) is 25.7 Å². The van der Waals surface area contributed by atoms with Crippen molar-refractivity contribution in [2.24, 2.45) is 11.3 Å². The Kier molecular flexibility index (Phi) is 5.43. The number of rotatable bonds is 6.